The number of rotatable bonds is 8. The highest BCUT2D eigenvalue weighted by Crippen LogP contribution is 2.37. The van der Waals surface area contributed by atoms with Crippen LogP contribution in [0.5, 0.6) is 5.88 Å². The molecule has 1 aromatic carbocycles. The monoisotopic (exact) mass is 518 g/mol. The molecule has 1 aliphatic heterocycles. The summed E-state index contributed by atoms with van der Waals surface area (Å²) in [6, 6.07) is 11.3. The highest BCUT2D eigenvalue weighted by Gasteiger charge is 2.42. The molecule has 1 fully saturated rings. The Morgan fingerprint density at radius 3 is 2.68 bits per heavy atom. The zero-order chi connectivity index (χ0) is 27.0. The molecule has 0 saturated carbocycles. The van der Waals surface area contributed by atoms with Crippen LogP contribution in [-0.4, -0.2) is 60.2 Å². The van der Waals surface area contributed by atoms with Crippen LogP contribution in [0.4, 0.5) is 0 Å². The van der Waals surface area contributed by atoms with Gasteiger partial charge in [0.15, 0.2) is 5.76 Å². The van der Waals surface area contributed by atoms with Gasteiger partial charge >= 0.3 is 0 Å². The third kappa shape index (κ3) is 4.71. The van der Waals surface area contributed by atoms with Gasteiger partial charge in [0.1, 0.15) is 11.7 Å². The van der Waals surface area contributed by atoms with Crippen molar-refractivity contribution in [1.82, 2.24) is 29.4 Å². The van der Waals surface area contributed by atoms with Gasteiger partial charge in [0.2, 0.25) is 5.91 Å². The van der Waals surface area contributed by atoms with Crippen molar-refractivity contribution < 1.29 is 19.2 Å². The fourth-order valence-corrected chi connectivity index (χ4v) is 5.38. The molecule has 3 aromatic heterocycles. The third-order valence-electron chi connectivity index (χ3n) is 7.33. The van der Waals surface area contributed by atoms with Crippen molar-refractivity contribution >= 4 is 5.91 Å². The number of imidazole rings is 1. The summed E-state index contributed by atoms with van der Waals surface area (Å²) in [5.41, 5.74) is 4.08. The van der Waals surface area contributed by atoms with Crippen molar-refractivity contribution in [2.45, 2.75) is 58.7 Å². The number of nitrogens with zero attached hydrogens (tertiary/aromatic N) is 6. The molecule has 10 nitrogen and oxygen atoms in total. The van der Waals surface area contributed by atoms with Crippen molar-refractivity contribution in [3.05, 3.63) is 77.3 Å². The van der Waals surface area contributed by atoms with E-state index in [0.717, 1.165) is 28.5 Å². The van der Waals surface area contributed by atoms with Gasteiger partial charge in [0, 0.05) is 42.7 Å². The SMILES string of the molecule is COc1cc(C(C(=O)N2C[C@H](O)C[C@H]2c2nccn2Cc2c(C)nn(-c3ccccc3)c2C)C(C)C)on1. The summed E-state index contributed by atoms with van der Waals surface area (Å²) < 4.78 is 14.6. The van der Waals surface area contributed by atoms with Crippen molar-refractivity contribution in [2.24, 2.45) is 5.92 Å². The Labute approximate surface area is 221 Å². The summed E-state index contributed by atoms with van der Waals surface area (Å²) in [5.74, 6) is 0.778. The molecular formula is C28H34N6O4. The summed E-state index contributed by atoms with van der Waals surface area (Å²) in [6.45, 7) is 8.79. The summed E-state index contributed by atoms with van der Waals surface area (Å²) in [7, 11) is 1.51. The smallest absolute Gasteiger partial charge is 0.254 e. The number of methoxy groups -OCH3 is 1. The maximum absolute atomic E-state index is 13.9. The first-order valence-corrected chi connectivity index (χ1v) is 12.9. The first-order valence-electron chi connectivity index (χ1n) is 12.9. The Morgan fingerprint density at radius 2 is 2.00 bits per heavy atom. The fourth-order valence-electron chi connectivity index (χ4n) is 5.38. The molecule has 4 heterocycles. The number of β-amino-alcohol motifs (C(OH)–C–C–N with tert-alkyl or cyclic N) is 1. The molecule has 200 valence electrons. The Bertz CT molecular complexity index is 1410. The quantitative estimate of drug-likeness (QED) is 0.378. The van der Waals surface area contributed by atoms with Gasteiger partial charge in [-0.05, 0) is 37.1 Å². The van der Waals surface area contributed by atoms with Crippen LogP contribution in [-0.2, 0) is 11.3 Å². The molecule has 1 saturated heterocycles. The lowest BCUT2D eigenvalue weighted by Gasteiger charge is -2.29. The molecule has 1 aliphatic rings. The van der Waals surface area contributed by atoms with Gasteiger partial charge in [-0.15, -0.1) is 0 Å². The zero-order valence-corrected chi connectivity index (χ0v) is 22.4. The van der Waals surface area contributed by atoms with Crippen LogP contribution in [0, 0.1) is 19.8 Å². The molecule has 0 radical (unpaired) electrons. The predicted molar refractivity (Wildman–Crippen MR) is 140 cm³/mol. The van der Waals surface area contributed by atoms with Crippen molar-refractivity contribution in [3.8, 4) is 11.6 Å². The first-order chi connectivity index (χ1) is 18.3. The third-order valence-corrected chi connectivity index (χ3v) is 7.33. The Morgan fingerprint density at radius 1 is 1.24 bits per heavy atom. The molecule has 4 aromatic rings. The van der Waals surface area contributed by atoms with E-state index in [1.165, 1.54) is 7.11 Å². The second-order valence-electron chi connectivity index (χ2n) is 10.2. The van der Waals surface area contributed by atoms with Crippen molar-refractivity contribution in [1.29, 1.82) is 0 Å². The van der Waals surface area contributed by atoms with E-state index in [2.05, 4.69) is 21.6 Å². The standard InChI is InChI=1S/C28H34N6O4/c1-17(2)26(24-14-25(37-5)31-38-24)28(36)33-15-21(35)13-23(33)27-29-11-12-32(27)16-22-18(3)30-34(19(22)4)20-9-7-6-8-10-20/h6-12,14,17,21,23,26,35H,13,15-16H2,1-5H3/t21-,23+,26?/m1/s1. The van der Waals surface area contributed by atoms with Gasteiger partial charge in [0.25, 0.3) is 5.88 Å². The van der Waals surface area contributed by atoms with Gasteiger partial charge in [-0.25, -0.2) is 9.67 Å². The molecule has 0 aliphatic carbocycles. The minimum Gasteiger partial charge on any atom is -0.479 e. The number of likely N-dealkylation sites (tertiary alicyclic amines) is 1. The Hall–Kier alpha value is -3.92. The maximum Gasteiger partial charge on any atom is 0.254 e. The van der Waals surface area contributed by atoms with Crippen LogP contribution in [0.15, 0.2) is 53.3 Å². The number of carbonyl (C=O) groups is 1. The summed E-state index contributed by atoms with van der Waals surface area (Å²) in [5, 5.41) is 19.3. The normalized spacial score (nSPS) is 18.3. The molecule has 1 amide bonds. The van der Waals surface area contributed by atoms with Crippen LogP contribution in [0.25, 0.3) is 5.69 Å². The molecule has 5 rings (SSSR count). The number of benzene rings is 1. The van der Waals surface area contributed by atoms with E-state index in [0.29, 0.717) is 24.6 Å². The van der Waals surface area contributed by atoms with Crippen LogP contribution in [0.2, 0.25) is 0 Å². The van der Waals surface area contributed by atoms with E-state index in [4.69, 9.17) is 14.4 Å². The van der Waals surface area contributed by atoms with Crippen LogP contribution in [0.1, 0.15) is 60.8 Å². The molecule has 3 atom stereocenters. The van der Waals surface area contributed by atoms with Gasteiger partial charge in [-0.2, -0.15) is 5.10 Å². The highest BCUT2D eigenvalue weighted by atomic mass is 16.5. The highest BCUT2D eigenvalue weighted by molar-refractivity contribution is 5.84. The number of aliphatic hydroxyl groups excluding tert-OH is 1. The molecular weight excluding hydrogens is 484 g/mol. The van der Waals surface area contributed by atoms with Gasteiger partial charge in [-0.1, -0.05) is 32.0 Å². The predicted octanol–water partition coefficient (Wildman–Crippen LogP) is 3.80. The van der Waals surface area contributed by atoms with Gasteiger partial charge < -0.3 is 23.8 Å². The molecule has 1 N–H and O–H groups in total. The Kier molecular flexibility index (Phi) is 7.07. The lowest BCUT2D eigenvalue weighted by Crippen LogP contribution is -2.38. The molecule has 38 heavy (non-hydrogen) atoms. The number of hydrogen-bond acceptors (Lipinski definition) is 7. The van der Waals surface area contributed by atoms with E-state index in [-0.39, 0.29) is 24.4 Å². The van der Waals surface area contributed by atoms with Gasteiger partial charge in [0.05, 0.1) is 37.2 Å². The van der Waals surface area contributed by atoms with E-state index < -0.39 is 12.0 Å². The van der Waals surface area contributed by atoms with E-state index >= 15 is 0 Å². The second kappa shape index (κ2) is 10.4. The molecule has 1 unspecified atom stereocenters. The second-order valence-corrected chi connectivity index (χ2v) is 10.2. The molecule has 10 heteroatoms. The number of para-hydroxylation sites is 1. The van der Waals surface area contributed by atoms with Crippen molar-refractivity contribution in [2.75, 3.05) is 13.7 Å². The number of ether oxygens (including phenoxy) is 1. The number of carbonyl (C=O) groups excluding carboxylic acids is 1. The zero-order valence-electron chi connectivity index (χ0n) is 22.4. The van der Waals surface area contributed by atoms with Gasteiger partial charge in [-0.3, -0.25) is 4.79 Å². The minimum absolute atomic E-state index is 0.0487. The van der Waals surface area contributed by atoms with Crippen LogP contribution in [0.3, 0.4) is 0 Å². The van der Waals surface area contributed by atoms with E-state index in [9.17, 15) is 9.90 Å². The first kappa shape index (κ1) is 25.7. The number of hydrogen-bond donors (Lipinski definition) is 1. The van der Waals surface area contributed by atoms with E-state index in [1.807, 2.05) is 62.0 Å². The number of amides is 1. The van der Waals surface area contributed by atoms with E-state index in [1.54, 1.807) is 17.2 Å². The molecule has 0 bridgehead atoms. The van der Waals surface area contributed by atoms with Crippen LogP contribution < -0.4 is 4.74 Å². The fraction of sp³-hybridized carbons (Fsp3) is 0.429. The number of aromatic nitrogens is 5. The average Bonchev–Trinajstić information content (AvgIpc) is 3.68. The summed E-state index contributed by atoms with van der Waals surface area (Å²) in [6.07, 6.45) is 3.43. The topological polar surface area (TPSA) is 111 Å². The largest absolute Gasteiger partial charge is 0.479 e. The van der Waals surface area contributed by atoms with Crippen molar-refractivity contribution in [3.63, 3.8) is 0 Å². The summed E-state index contributed by atoms with van der Waals surface area (Å²) >= 11 is 0. The average molecular weight is 519 g/mol. The maximum atomic E-state index is 13.9. The van der Waals surface area contributed by atoms with Crippen LogP contribution >= 0.6 is 0 Å². The lowest BCUT2D eigenvalue weighted by atomic mass is 9.91. The summed E-state index contributed by atoms with van der Waals surface area (Å²) in [4.78, 5) is 20.3. The lowest BCUT2D eigenvalue weighted by molar-refractivity contribution is -0.135. The molecule has 0 spiro atoms. The number of aryl methyl sites for hydroxylation is 1. The Balaban J connectivity index is 1.44. The number of aliphatic hydroxyl groups is 1. The minimum atomic E-state index is -0.643.